The number of amides is 1. The van der Waals surface area contributed by atoms with Crippen molar-refractivity contribution >= 4 is 33.1 Å². The van der Waals surface area contributed by atoms with Crippen molar-refractivity contribution in [2.45, 2.75) is 13.5 Å². The molecule has 25 heavy (non-hydrogen) atoms. The molecule has 2 aromatic carbocycles. The number of benzene rings is 2. The van der Waals surface area contributed by atoms with Crippen LogP contribution >= 0.6 is 11.3 Å². The first kappa shape index (κ1) is 16.6. The van der Waals surface area contributed by atoms with Gasteiger partial charge in [-0.1, -0.05) is 35.0 Å². The van der Waals surface area contributed by atoms with Crippen molar-refractivity contribution in [1.29, 1.82) is 0 Å². The maximum absolute atomic E-state index is 12.4. The number of non-ortho nitro benzene ring substituents is 1. The molecule has 0 saturated carbocycles. The van der Waals surface area contributed by atoms with Gasteiger partial charge in [0.15, 0.2) is 4.80 Å². The first-order chi connectivity index (χ1) is 12.0. The molecular weight excluding hydrogens is 338 g/mol. The molecule has 1 amide bonds. The van der Waals surface area contributed by atoms with Crippen LogP contribution in [-0.2, 0) is 6.54 Å². The van der Waals surface area contributed by atoms with Gasteiger partial charge in [-0.3, -0.25) is 14.9 Å². The summed E-state index contributed by atoms with van der Waals surface area (Å²) in [6.45, 7) is 2.06. The third-order valence-corrected chi connectivity index (χ3v) is 4.65. The molecule has 0 N–H and O–H groups in total. The summed E-state index contributed by atoms with van der Waals surface area (Å²) in [6, 6.07) is 11.7. The molecule has 7 heteroatoms. The average molecular weight is 351 g/mol. The van der Waals surface area contributed by atoms with Crippen LogP contribution in [0.25, 0.3) is 10.2 Å². The number of aromatic nitrogens is 1. The number of rotatable bonds is 3. The van der Waals surface area contributed by atoms with E-state index in [1.54, 1.807) is 28.8 Å². The van der Waals surface area contributed by atoms with Gasteiger partial charge >= 0.3 is 0 Å². The number of aryl methyl sites for hydroxylation is 1. The molecule has 0 saturated heterocycles. The monoisotopic (exact) mass is 351 g/mol. The minimum atomic E-state index is -0.466. The highest BCUT2D eigenvalue weighted by Crippen LogP contribution is 2.23. The lowest BCUT2D eigenvalue weighted by atomic mass is 10.1. The predicted molar refractivity (Wildman–Crippen MR) is 96.4 cm³/mol. The maximum Gasteiger partial charge on any atom is 0.279 e. The van der Waals surface area contributed by atoms with Gasteiger partial charge in [0.1, 0.15) is 0 Å². The molecule has 1 heterocycles. The van der Waals surface area contributed by atoms with Crippen LogP contribution in [-0.4, -0.2) is 15.4 Å². The molecule has 0 aliphatic carbocycles. The molecule has 1 aromatic heterocycles. The van der Waals surface area contributed by atoms with Crippen LogP contribution in [0.2, 0.25) is 0 Å². The summed E-state index contributed by atoms with van der Waals surface area (Å²) in [5.41, 5.74) is 2.00. The molecular formula is C18H13N3O3S. The van der Waals surface area contributed by atoms with Gasteiger partial charge in [0.05, 0.1) is 21.7 Å². The molecule has 0 atom stereocenters. The van der Waals surface area contributed by atoms with Gasteiger partial charge < -0.3 is 4.57 Å². The van der Waals surface area contributed by atoms with Crippen LogP contribution in [0.15, 0.2) is 47.5 Å². The molecule has 0 aliphatic rings. The highest BCUT2D eigenvalue weighted by molar-refractivity contribution is 7.16. The fraction of sp³-hybridized carbons (Fsp3) is 0.111. The van der Waals surface area contributed by atoms with E-state index in [-0.39, 0.29) is 18.1 Å². The zero-order chi connectivity index (χ0) is 18.0. The van der Waals surface area contributed by atoms with Gasteiger partial charge in [0.2, 0.25) is 0 Å². The van der Waals surface area contributed by atoms with Crippen LogP contribution in [0.4, 0.5) is 5.69 Å². The van der Waals surface area contributed by atoms with E-state index in [0.29, 0.717) is 15.9 Å². The van der Waals surface area contributed by atoms with E-state index in [2.05, 4.69) is 10.9 Å². The van der Waals surface area contributed by atoms with E-state index in [1.807, 2.05) is 13.0 Å². The van der Waals surface area contributed by atoms with Gasteiger partial charge in [0, 0.05) is 17.7 Å². The Hall–Kier alpha value is -3.24. The number of nitro benzene ring substituents is 1. The highest BCUT2D eigenvalue weighted by atomic mass is 32.1. The summed E-state index contributed by atoms with van der Waals surface area (Å²) in [7, 11) is 0. The van der Waals surface area contributed by atoms with Crippen molar-refractivity contribution in [2.24, 2.45) is 4.99 Å². The van der Waals surface area contributed by atoms with Gasteiger partial charge in [-0.15, -0.1) is 6.42 Å². The fourth-order valence-corrected chi connectivity index (χ4v) is 3.44. The van der Waals surface area contributed by atoms with Crippen LogP contribution in [0.3, 0.4) is 0 Å². The Morgan fingerprint density at radius 1 is 1.36 bits per heavy atom. The number of nitro groups is 1. The van der Waals surface area contributed by atoms with Gasteiger partial charge in [-0.2, -0.15) is 4.99 Å². The molecule has 3 aromatic rings. The highest BCUT2D eigenvalue weighted by Gasteiger charge is 2.13. The second kappa shape index (κ2) is 6.71. The normalized spacial score (nSPS) is 11.4. The number of thiazole rings is 1. The minimum absolute atomic E-state index is 0.0346. The van der Waals surface area contributed by atoms with E-state index < -0.39 is 4.92 Å². The lowest BCUT2D eigenvalue weighted by molar-refractivity contribution is -0.384. The molecule has 0 bridgehead atoms. The molecule has 0 spiro atoms. The van der Waals surface area contributed by atoms with E-state index in [1.165, 1.54) is 23.5 Å². The van der Waals surface area contributed by atoms with Crippen LogP contribution < -0.4 is 4.80 Å². The third-order valence-electron chi connectivity index (χ3n) is 3.59. The summed E-state index contributed by atoms with van der Waals surface area (Å²) >= 11 is 1.27. The fourth-order valence-electron chi connectivity index (χ4n) is 2.43. The number of carbonyl (C=O) groups is 1. The Morgan fingerprint density at radius 3 is 2.84 bits per heavy atom. The standard InChI is InChI=1S/C18H13N3O3S/c1-3-9-20-15-11-14(21(23)24)7-8-16(15)25-18(20)19-17(22)13-6-4-5-12(2)10-13/h1,4-8,10-11H,9H2,2H3. The van der Waals surface area contributed by atoms with Gasteiger partial charge in [0.25, 0.3) is 11.6 Å². The predicted octanol–water partition coefficient (Wildman–Crippen LogP) is 3.29. The smallest absolute Gasteiger partial charge is 0.279 e. The molecule has 124 valence electrons. The quantitative estimate of drug-likeness (QED) is 0.413. The summed E-state index contributed by atoms with van der Waals surface area (Å²) in [4.78, 5) is 27.6. The number of terminal acetylenes is 1. The lowest BCUT2D eigenvalue weighted by Crippen LogP contribution is -2.16. The summed E-state index contributed by atoms with van der Waals surface area (Å²) in [6.07, 6.45) is 5.41. The molecule has 3 rings (SSSR count). The second-order valence-corrected chi connectivity index (χ2v) is 6.38. The minimum Gasteiger partial charge on any atom is -0.304 e. The number of fused-ring (bicyclic) bond motifs is 1. The van der Waals surface area contributed by atoms with Crippen molar-refractivity contribution < 1.29 is 9.72 Å². The van der Waals surface area contributed by atoms with Gasteiger partial charge in [-0.25, -0.2) is 0 Å². The third kappa shape index (κ3) is 3.34. The van der Waals surface area contributed by atoms with Crippen LogP contribution in [0, 0.1) is 29.4 Å². The van der Waals surface area contributed by atoms with Crippen LogP contribution in [0.1, 0.15) is 15.9 Å². The number of carbonyl (C=O) groups excluding carboxylic acids is 1. The van der Waals surface area contributed by atoms with E-state index in [0.717, 1.165) is 10.3 Å². The second-order valence-electron chi connectivity index (χ2n) is 5.37. The van der Waals surface area contributed by atoms with Crippen molar-refractivity contribution in [3.8, 4) is 12.3 Å². The van der Waals surface area contributed by atoms with Crippen LogP contribution in [0.5, 0.6) is 0 Å². The largest absolute Gasteiger partial charge is 0.304 e. The number of hydrogen-bond donors (Lipinski definition) is 0. The van der Waals surface area contributed by atoms with E-state index in [4.69, 9.17) is 6.42 Å². The Balaban J connectivity index is 2.18. The first-order valence-corrected chi connectivity index (χ1v) is 8.18. The Morgan fingerprint density at radius 2 is 2.16 bits per heavy atom. The Kier molecular flexibility index (Phi) is 4.46. The summed E-state index contributed by atoms with van der Waals surface area (Å²) in [5, 5.41) is 11.0. The SMILES string of the molecule is C#CCn1c(=NC(=O)c2cccc(C)c2)sc2ccc([N+](=O)[O-])cc21. The number of nitrogens with zero attached hydrogens (tertiary/aromatic N) is 3. The molecule has 0 radical (unpaired) electrons. The summed E-state index contributed by atoms with van der Waals surface area (Å²) in [5.74, 6) is 2.12. The lowest BCUT2D eigenvalue weighted by Gasteiger charge is -2.00. The Labute approximate surface area is 147 Å². The Bertz CT molecular complexity index is 1100. The number of hydrogen-bond acceptors (Lipinski definition) is 4. The van der Waals surface area contributed by atoms with E-state index in [9.17, 15) is 14.9 Å². The molecule has 6 nitrogen and oxygen atoms in total. The summed E-state index contributed by atoms with van der Waals surface area (Å²) < 4.78 is 2.41. The topological polar surface area (TPSA) is 77.5 Å². The van der Waals surface area contributed by atoms with E-state index >= 15 is 0 Å². The average Bonchev–Trinajstić information content (AvgIpc) is 2.92. The first-order valence-electron chi connectivity index (χ1n) is 7.36. The molecule has 0 fully saturated rings. The molecule has 0 unspecified atom stereocenters. The van der Waals surface area contributed by atoms with Gasteiger partial charge in [-0.05, 0) is 25.1 Å². The van der Waals surface area contributed by atoms with Crippen molar-refractivity contribution in [3.05, 3.63) is 68.5 Å². The molecule has 0 aliphatic heterocycles. The zero-order valence-corrected chi connectivity index (χ0v) is 14.1. The van der Waals surface area contributed by atoms with Crippen molar-refractivity contribution in [2.75, 3.05) is 0 Å². The van der Waals surface area contributed by atoms with Crippen molar-refractivity contribution in [1.82, 2.24) is 4.57 Å². The maximum atomic E-state index is 12.4. The zero-order valence-electron chi connectivity index (χ0n) is 13.3. The van der Waals surface area contributed by atoms with Crippen molar-refractivity contribution in [3.63, 3.8) is 0 Å².